The normalized spacial score (nSPS) is 12.7. The number of aromatic nitrogens is 2. The van der Waals surface area contributed by atoms with Crippen LogP contribution in [0.2, 0.25) is 0 Å². The van der Waals surface area contributed by atoms with Crippen LogP contribution in [0.1, 0.15) is 22.4 Å². The van der Waals surface area contributed by atoms with Crippen LogP contribution in [-0.2, 0) is 0 Å². The SMILES string of the molecule is Cc1nccc(C(N)c2sccc2Br)n1. The van der Waals surface area contributed by atoms with Gasteiger partial charge in [0, 0.05) is 15.5 Å². The van der Waals surface area contributed by atoms with E-state index in [4.69, 9.17) is 5.73 Å². The molecule has 0 saturated carbocycles. The minimum Gasteiger partial charge on any atom is -0.318 e. The van der Waals surface area contributed by atoms with Gasteiger partial charge in [-0.3, -0.25) is 0 Å². The lowest BCUT2D eigenvalue weighted by atomic mass is 10.2. The molecule has 0 radical (unpaired) electrons. The third kappa shape index (κ3) is 2.25. The van der Waals surface area contributed by atoms with Crippen molar-refractivity contribution in [3.05, 3.63) is 44.6 Å². The highest BCUT2D eigenvalue weighted by Gasteiger charge is 2.14. The van der Waals surface area contributed by atoms with Crippen molar-refractivity contribution in [1.82, 2.24) is 9.97 Å². The van der Waals surface area contributed by atoms with Gasteiger partial charge in [0.05, 0.1) is 11.7 Å². The molecule has 0 bridgehead atoms. The molecule has 0 amide bonds. The molecule has 0 aliphatic rings. The first kappa shape index (κ1) is 10.7. The molecule has 1 atom stereocenters. The summed E-state index contributed by atoms with van der Waals surface area (Å²) in [5.41, 5.74) is 6.97. The van der Waals surface area contributed by atoms with E-state index in [0.717, 1.165) is 20.9 Å². The fraction of sp³-hybridized carbons (Fsp3) is 0.200. The molecule has 0 aliphatic heterocycles. The van der Waals surface area contributed by atoms with Gasteiger partial charge in [-0.1, -0.05) is 0 Å². The lowest BCUT2D eigenvalue weighted by Crippen LogP contribution is -2.13. The van der Waals surface area contributed by atoms with Crippen molar-refractivity contribution in [2.45, 2.75) is 13.0 Å². The van der Waals surface area contributed by atoms with Gasteiger partial charge in [0.2, 0.25) is 0 Å². The Kier molecular flexibility index (Phi) is 3.14. The first-order valence-corrected chi connectivity index (χ1v) is 6.14. The molecular weight excluding hydrogens is 274 g/mol. The van der Waals surface area contributed by atoms with Crippen LogP contribution in [0.3, 0.4) is 0 Å². The van der Waals surface area contributed by atoms with Crippen LogP contribution in [0, 0.1) is 6.92 Å². The highest BCUT2D eigenvalue weighted by molar-refractivity contribution is 9.10. The van der Waals surface area contributed by atoms with Crippen LogP contribution in [0.4, 0.5) is 0 Å². The van der Waals surface area contributed by atoms with E-state index in [1.54, 1.807) is 17.5 Å². The maximum atomic E-state index is 6.12. The van der Waals surface area contributed by atoms with Gasteiger partial charge in [-0.05, 0) is 40.4 Å². The third-order valence-electron chi connectivity index (χ3n) is 2.04. The van der Waals surface area contributed by atoms with Gasteiger partial charge in [0.25, 0.3) is 0 Å². The quantitative estimate of drug-likeness (QED) is 0.922. The van der Waals surface area contributed by atoms with Crippen molar-refractivity contribution in [3.63, 3.8) is 0 Å². The standard InChI is InChI=1S/C10H10BrN3S/c1-6-13-4-2-8(14-6)9(12)10-7(11)3-5-15-10/h2-5,9H,12H2,1H3. The number of rotatable bonds is 2. The second kappa shape index (κ2) is 4.38. The van der Waals surface area contributed by atoms with Crippen LogP contribution < -0.4 is 5.73 Å². The molecule has 2 aromatic rings. The number of hydrogen-bond acceptors (Lipinski definition) is 4. The topological polar surface area (TPSA) is 51.8 Å². The van der Waals surface area contributed by atoms with Crippen LogP contribution in [0.15, 0.2) is 28.2 Å². The fourth-order valence-corrected chi connectivity index (χ4v) is 2.94. The second-order valence-corrected chi connectivity index (χ2v) is 4.94. The minimum absolute atomic E-state index is 0.180. The van der Waals surface area contributed by atoms with E-state index in [9.17, 15) is 0 Å². The van der Waals surface area contributed by atoms with Crippen LogP contribution in [-0.4, -0.2) is 9.97 Å². The number of thiophene rings is 1. The zero-order chi connectivity index (χ0) is 10.8. The fourth-order valence-electron chi connectivity index (χ4n) is 1.31. The highest BCUT2D eigenvalue weighted by atomic mass is 79.9. The molecule has 15 heavy (non-hydrogen) atoms. The van der Waals surface area contributed by atoms with Gasteiger partial charge >= 0.3 is 0 Å². The maximum absolute atomic E-state index is 6.12. The van der Waals surface area contributed by atoms with Gasteiger partial charge in [-0.25, -0.2) is 9.97 Å². The predicted octanol–water partition coefficient (Wildman–Crippen LogP) is 2.66. The van der Waals surface area contributed by atoms with E-state index in [1.165, 1.54) is 0 Å². The van der Waals surface area contributed by atoms with E-state index < -0.39 is 0 Å². The molecule has 3 nitrogen and oxygen atoms in total. The molecule has 0 fully saturated rings. The number of hydrogen-bond donors (Lipinski definition) is 1. The van der Waals surface area contributed by atoms with E-state index >= 15 is 0 Å². The first-order valence-electron chi connectivity index (χ1n) is 4.46. The zero-order valence-electron chi connectivity index (χ0n) is 8.14. The van der Waals surface area contributed by atoms with Crippen LogP contribution >= 0.6 is 27.3 Å². The molecule has 1 unspecified atom stereocenters. The summed E-state index contributed by atoms with van der Waals surface area (Å²) in [4.78, 5) is 9.46. The third-order valence-corrected chi connectivity index (χ3v) is 4.00. The summed E-state index contributed by atoms with van der Waals surface area (Å²) in [6.45, 7) is 1.86. The molecule has 0 aliphatic carbocycles. The van der Waals surface area contributed by atoms with Crippen molar-refractivity contribution >= 4 is 27.3 Å². The van der Waals surface area contributed by atoms with Gasteiger partial charge in [0.15, 0.2) is 0 Å². The Labute approximate surface area is 101 Å². The van der Waals surface area contributed by atoms with Crippen LogP contribution in [0.25, 0.3) is 0 Å². The molecule has 0 aromatic carbocycles. The number of aryl methyl sites for hydroxylation is 1. The maximum Gasteiger partial charge on any atom is 0.125 e. The molecule has 78 valence electrons. The zero-order valence-corrected chi connectivity index (χ0v) is 10.5. The van der Waals surface area contributed by atoms with Crippen molar-refractivity contribution < 1.29 is 0 Å². The van der Waals surface area contributed by atoms with Gasteiger partial charge in [-0.15, -0.1) is 11.3 Å². The average molecular weight is 284 g/mol. The minimum atomic E-state index is -0.180. The summed E-state index contributed by atoms with van der Waals surface area (Å²) in [5, 5.41) is 2.01. The van der Waals surface area contributed by atoms with Crippen molar-refractivity contribution in [2.75, 3.05) is 0 Å². The Balaban J connectivity index is 2.36. The summed E-state index contributed by atoms with van der Waals surface area (Å²) in [5.74, 6) is 0.746. The lowest BCUT2D eigenvalue weighted by molar-refractivity contribution is 0.819. The van der Waals surface area contributed by atoms with Crippen molar-refractivity contribution in [3.8, 4) is 0 Å². The van der Waals surface area contributed by atoms with Gasteiger partial charge in [-0.2, -0.15) is 0 Å². The Morgan fingerprint density at radius 3 is 2.87 bits per heavy atom. The average Bonchev–Trinajstić information content (AvgIpc) is 2.63. The molecule has 0 spiro atoms. The second-order valence-electron chi connectivity index (χ2n) is 3.14. The Morgan fingerprint density at radius 2 is 2.27 bits per heavy atom. The summed E-state index contributed by atoms with van der Waals surface area (Å²) in [6.07, 6.45) is 1.74. The lowest BCUT2D eigenvalue weighted by Gasteiger charge is -2.09. The Morgan fingerprint density at radius 1 is 1.47 bits per heavy atom. The molecule has 2 heterocycles. The van der Waals surface area contributed by atoms with E-state index in [2.05, 4.69) is 25.9 Å². The smallest absolute Gasteiger partial charge is 0.125 e. The first-order chi connectivity index (χ1) is 7.18. The van der Waals surface area contributed by atoms with Crippen molar-refractivity contribution in [1.29, 1.82) is 0 Å². The van der Waals surface area contributed by atoms with Gasteiger partial charge < -0.3 is 5.73 Å². The predicted molar refractivity (Wildman–Crippen MR) is 64.8 cm³/mol. The highest BCUT2D eigenvalue weighted by Crippen LogP contribution is 2.30. The Hall–Kier alpha value is -0.780. The monoisotopic (exact) mass is 283 g/mol. The summed E-state index contributed by atoms with van der Waals surface area (Å²) in [6, 6.07) is 3.67. The number of nitrogens with zero attached hydrogens (tertiary/aromatic N) is 2. The largest absolute Gasteiger partial charge is 0.318 e. The van der Waals surface area contributed by atoms with Gasteiger partial charge in [0.1, 0.15) is 5.82 Å². The number of halogens is 1. The molecule has 2 aromatic heterocycles. The summed E-state index contributed by atoms with van der Waals surface area (Å²) >= 11 is 5.10. The van der Waals surface area contributed by atoms with Crippen molar-refractivity contribution in [2.24, 2.45) is 5.73 Å². The van der Waals surface area contributed by atoms with E-state index in [0.29, 0.717) is 0 Å². The molecule has 2 N–H and O–H groups in total. The number of nitrogens with two attached hydrogens (primary N) is 1. The Bertz CT molecular complexity index is 469. The molecule has 5 heteroatoms. The molecule has 0 saturated heterocycles. The summed E-state index contributed by atoms with van der Waals surface area (Å²) in [7, 11) is 0. The van der Waals surface area contributed by atoms with E-state index in [1.807, 2.05) is 24.4 Å². The molecule has 2 rings (SSSR count). The van der Waals surface area contributed by atoms with E-state index in [-0.39, 0.29) is 6.04 Å². The van der Waals surface area contributed by atoms with Crippen LogP contribution in [0.5, 0.6) is 0 Å². The molecular formula is C10H10BrN3S. The summed E-state index contributed by atoms with van der Waals surface area (Å²) < 4.78 is 1.04.